The number of nitriles is 1. The van der Waals surface area contributed by atoms with Gasteiger partial charge in [0.25, 0.3) is 0 Å². The van der Waals surface area contributed by atoms with Gasteiger partial charge in [0.05, 0.1) is 22.8 Å². The van der Waals surface area contributed by atoms with E-state index in [9.17, 15) is 5.26 Å². The minimum Gasteiger partial charge on any atom is -0.368 e. The lowest BCUT2D eigenvalue weighted by atomic mass is 10.0. The van der Waals surface area contributed by atoms with Gasteiger partial charge in [-0.2, -0.15) is 5.26 Å². The van der Waals surface area contributed by atoms with Crippen LogP contribution in [0.1, 0.15) is 36.2 Å². The summed E-state index contributed by atoms with van der Waals surface area (Å²) < 4.78 is 0. The molecular formula is C26H29N7. The molecule has 2 aromatic heterocycles. The van der Waals surface area contributed by atoms with E-state index in [0.717, 1.165) is 69.0 Å². The highest BCUT2D eigenvalue weighted by Gasteiger charge is 2.40. The van der Waals surface area contributed by atoms with Gasteiger partial charge < -0.3 is 15.1 Å². The zero-order valence-corrected chi connectivity index (χ0v) is 19.0. The van der Waals surface area contributed by atoms with Crippen LogP contribution in [0.3, 0.4) is 0 Å². The van der Waals surface area contributed by atoms with Crippen molar-refractivity contribution in [1.82, 2.24) is 20.2 Å². The molecule has 0 radical (unpaired) electrons. The first kappa shape index (κ1) is 20.4. The number of hydrogen-bond donors (Lipinski definition) is 1. The Hall–Kier alpha value is -3.21. The number of fused-ring (bicyclic) bond motifs is 4. The van der Waals surface area contributed by atoms with Crippen LogP contribution in [0.5, 0.6) is 0 Å². The Morgan fingerprint density at radius 1 is 1.06 bits per heavy atom. The van der Waals surface area contributed by atoms with E-state index in [1.165, 1.54) is 16.9 Å². The van der Waals surface area contributed by atoms with Gasteiger partial charge in [-0.15, -0.1) is 0 Å². The molecule has 7 nitrogen and oxygen atoms in total. The van der Waals surface area contributed by atoms with E-state index in [1.54, 1.807) is 6.20 Å². The molecule has 3 aliphatic rings. The Kier molecular flexibility index (Phi) is 5.12. The van der Waals surface area contributed by atoms with E-state index < -0.39 is 0 Å². The van der Waals surface area contributed by atoms with E-state index in [1.807, 2.05) is 12.1 Å². The average molecular weight is 440 g/mol. The van der Waals surface area contributed by atoms with Crippen LogP contribution < -0.4 is 15.1 Å². The lowest BCUT2D eigenvalue weighted by Crippen LogP contribution is -2.51. The molecule has 0 unspecified atom stereocenters. The van der Waals surface area contributed by atoms with Gasteiger partial charge in [0.2, 0.25) is 0 Å². The third-order valence-corrected chi connectivity index (χ3v) is 7.40. The van der Waals surface area contributed by atoms with Crippen LogP contribution in [0, 0.1) is 11.3 Å². The van der Waals surface area contributed by atoms with Crippen LogP contribution in [-0.2, 0) is 6.54 Å². The zero-order valence-electron chi connectivity index (χ0n) is 19.0. The highest BCUT2D eigenvalue weighted by molar-refractivity contribution is 5.95. The largest absolute Gasteiger partial charge is 0.368 e. The van der Waals surface area contributed by atoms with Gasteiger partial charge in [0, 0.05) is 62.6 Å². The van der Waals surface area contributed by atoms with Gasteiger partial charge in [-0.05, 0) is 55.8 Å². The zero-order chi connectivity index (χ0) is 22.4. The van der Waals surface area contributed by atoms with Crippen molar-refractivity contribution in [3.8, 4) is 6.07 Å². The van der Waals surface area contributed by atoms with Crippen molar-refractivity contribution in [3.05, 3.63) is 59.4 Å². The Morgan fingerprint density at radius 2 is 2.00 bits per heavy atom. The monoisotopic (exact) mass is 439 g/mol. The SMILES string of the molecule is C[C@@H]1CN(c2ccc(C#N)c3ncccc23)C[C@@H]2c3ccc(N4CCCNCC4)nc3CN12. The Labute approximate surface area is 194 Å². The molecule has 1 aromatic carbocycles. The average Bonchev–Trinajstić information content (AvgIpc) is 3.02. The smallest absolute Gasteiger partial charge is 0.128 e. The molecule has 5 heterocycles. The first-order valence-electron chi connectivity index (χ1n) is 12.0. The summed E-state index contributed by atoms with van der Waals surface area (Å²) >= 11 is 0. The molecule has 3 aliphatic heterocycles. The van der Waals surface area contributed by atoms with Crippen LogP contribution in [-0.4, -0.2) is 60.2 Å². The fraction of sp³-hybridized carbons (Fsp3) is 0.423. The predicted octanol–water partition coefficient (Wildman–Crippen LogP) is 3.07. The second-order valence-corrected chi connectivity index (χ2v) is 9.38. The number of benzene rings is 1. The van der Waals surface area contributed by atoms with Crippen molar-refractivity contribution in [3.63, 3.8) is 0 Å². The number of hydrogen-bond acceptors (Lipinski definition) is 7. The fourth-order valence-electron chi connectivity index (χ4n) is 5.74. The van der Waals surface area contributed by atoms with E-state index in [2.05, 4.69) is 62.3 Å². The van der Waals surface area contributed by atoms with Gasteiger partial charge >= 0.3 is 0 Å². The standard InChI is InChI=1S/C26H29N7/c1-18-15-32(23-7-5-19(14-27)26-21(23)4-2-10-29-26)17-24-20-6-8-25(30-22(20)16-33(18)24)31-12-3-9-28-11-13-31/h2,4-8,10,18,24,28H,3,9,11-13,15-17H2,1H3/t18-,24-/m1/s1. The number of piperazine rings is 1. The van der Waals surface area contributed by atoms with E-state index in [0.29, 0.717) is 17.6 Å². The number of nitrogens with zero attached hydrogens (tertiary/aromatic N) is 6. The molecule has 7 heteroatoms. The highest BCUT2D eigenvalue weighted by atomic mass is 15.3. The van der Waals surface area contributed by atoms with Crippen molar-refractivity contribution in [1.29, 1.82) is 5.26 Å². The van der Waals surface area contributed by atoms with Crippen molar-refractivity contribution in [2.24, 2.45) is 0 Å². The van der Waals surface area contributed by atoms with Crippen molar-refractivity contribution in [2.45, 2.75) is 32.0 Å². The Morgan fingerprint density at radius 3 is 2.91 bits per heavy atom. The number of anilines is 2. The highest BCUT2D eigenvalue weighted by Crippen LogP contribution is 2.41. The maximum atomic E-state index is 9.52. The van der Waals surface area contributed by atoms with Gasteiger partial charge in [0.1, 0.15) is 11.9 Å². The van der Waals surface area contributed by atoms with Gasteiger partial charge in [-0.3, -0.25) is 9.88 Å². The third-order valence-electron chi connectivity index (χ3n) is 7.40. The second kappa shape index (κ2) is 8.29. The molecule has 2 saturated heterocycles. The van der Waals surface area contributed by atoms with Crippen LogP contribution in [0.2, 0.25) is 0 Å². The summed E-state index contributed by atoms with van der Waals surface area (Å²) in [5.41, 5.74) is 5.18. The molecule has 2 fully saturated rings. The molecule has 1 N–H and O–H groups in total. The minimum atomic E-state index is 0.332. The molecular weight excluding hydrogens is 410 g/mol. The molecule has 0 amide bonds. The molecule has 2 atom stereocenters. The first-order chi connectivity index (χ1) is 16.2. The van der Waals surface area contributed by atoms with E-state index >= 15 is 0 Å². The van der Waals surface area contributed by atoms with Crippen LogP contribution in [0.4, 0.5) is 11.5 Å². The Balaban J connectivity index is 1.32. The van der Waals surface area contributed by atoms with E-state index in [4.69, 9.17) is 4.98 Å². The first-order valence-corrected chi connectivity index (χ1v) is 12.0. The summed E-state index contributed by atoms with van der Waals surface area (Å²) in [6.45, 7) is 9.30. The van der Waals surface area contributed by atoms with Crippen LogP contribution in [0.25, 0.3) is 10.9 Å². The summed E-state index contributed by atoms with van der Waals surface area (Å²) in [7, 11) is 0. The summed E-state index contributed by atoms with van der Waals surface area (Å²) in [5.74, 6) is 1.12. The molecule has 168 valence electrons. The lowest BCUT2D eigenvalue weighted by molar-refractivity contribution is 0.133. The number of pyridine rings is 2. The summed E-state index contributed by atoms with van der Waals surface area (Å²) in [4.78, 5) is 17.1. The van der Waals surface area contributed by atoms with Gasteiger partial charge in [-0.25, -0.2) is 4.98 Å². The summed E-state index contributed by atoms with van der Waals surface area (Å²) in [6, 6.07) is 15.6. The van der Waals surface area contributed by atoms with Crippen molar-refractivity contribution in [2.75, 3.05) is 49.1 Å². The quantitative estimate of drug-likeness (QED) is 0.658. The Bertz CT molecular complexity index is 1230. The molecule has 3 aromatic rings. The molecule has 0 bridgehead atoms. The topological polar surface area (TPSA) is 71.3 Å². The van der Waals surface area contributed by atoms with E-state index in [-0.39, 0.29) is 0 Å². The molecule has 0 spiro atoms. The second-order valence-electron chi connectivity index (χ2n) is 9.38. The number of aromatic nitrogens is 2. The van der Waals surface area contributed by atoms with Gasteiger partial charge in [0.15, 0.2) is 0 Å². The van der Waals surface area contributed by atoms with Crippen LogP contribution in [0.15, 0.2) is 42.6 Å². The summed E-state index contributed by atoms with van der Waals surface area (Å²) in [6.07, 6.45) is 2.93. The van der Waals surface area contributed by atoms with Gasteiger partial charge in [-0.1, -0.05) is 6.07 Å². The lowest BCUT2D eigenvalue weighted by Gasteiger charge is -2.43. The molecule has 0 aliphatic carbocycles. The minimum absolute atomic E-state index is 0.332. The maximum absolute atomic E-state index is 9.52. The molecule has 0 saturated carbocycles. The fourth-order valence-corrected chi connectivity index (χ4v) is 5.74. The number of nitrogens with one attached hydrogen (secondary N) is 1. The van der Waals surface area contributed by atoms with Crippen LogP contribution >= 0.6 is 0 Å². The summed E-state index contributed by atoms with van der Waals surface area (Å²) in [5, 5.41) is 14.1. The van der Waals surface area contributed by atoms with Crippen molar-refractivity contribution >= 4 is 22.4 Å². The number of rotatable bonds is 2. The predicted molar refractivity (Wildman–Crippen MR) is 130 cm³/mol. The molecule has 6 rings (SSSR count). The maximum Gasteiger partial charge on any atom is 0.128 e. The van der Waals surface area contributed by atoms with Crippen molar-refractivity contribution < 1.29 is 0 Å². The normalized spacial score (nSPS) is 23.2. The molecule has 33 heavy (non-hydrogen) atoms. The third kappa shape index (κ3) is 3.50.